The molecule has 0 radical (unpaired) electrons. The second-order valence-corrected chi connectivity index (χ2v) is 7.34. The van der Waals surface area contributed by atoms with Crippen molar-refractivity contribution in [1.82, 2.24) is 15.1 Å². The first-order valence-electron chi connectivity index (χ1n) is 8.80. The number of rotatable bonds is 4. The topological polar surface area (TPSA) is 30.9 Å². The summed E-state index contributed by atoms with van der Waals surface area (Å²) >= 11 is 0. The van der Waals surface area contributed by atoms with E-state index >= 15 is 0 Å². The van der Waals surface area contributed by atoms with Crippen LogP contribution in [0.15, 0.2) is 35.3 Å². The van der Waals surface area contributed by atoms with Gasteiger partial charge in [-0.3, -0.25) is 4.99 Å². The molecule has 1 atom stereocenters. The Kier molecular flexibility index (Phi) is 4.90. The quantitative estimate of drug-likeness (QED) is 0.685. The maximum absolute atomic E-state index is 4.53. The molecule has 1 N–H and O–H groups in total. The van der Waals surface area contributed by atoms with Crippen molar-refractivity contribution in [1.29, 1.82) is 0 Å². The Morgan fingerprint density at radius 2 is 2.00 bits per heavy atom. The van der Waals surface area contributed by atoms with Gasteiger partial charge in [0.25, 0.3) is 0 Å². The van der Waals surface area contributed by atoms with Crippen LogP contribution in [-0.2, 0) is 0 Å². The number of benzene rings is 1. The zero-order valence-electron chi connectivity index (χ0n) is 14.8. The predicted octanol–water partition coefficient (Wildman–Crippen LogP) is 2.74. The van der Waals surface area contributed by atoms with Crippen molar-refractivity contribution in [2.45, 2.75) is 31.7 Å². The Morgan fingerprint density at radius 1 is 1.26 bits per heavy atom. The van der Waals surface area contributed by atoms with Crippen molar-refractivity contribution >= 4 is 5.96 Å². The Labute approximate surface area is 140 Å². The van der Waals surface area contributed by atoms with Crippen LogP contribution in [0.25, 0.3) is 0 Å². The summed E-state index contributed by atoms with van der Waals surface area (Å²) < 4.78 is 0. The van der Waals surface area contributed by atoms with Crippen LogP contribution in [0, 0.1) is 5.41 Å². The van der Waals surface area contributed by atoms with E-state index in [2.05, 4.69) is 64.5 Å². The normalized spacial score (nSPS) is 21.6. The van der Waals surface area contributed by atoms with Gasteiger partial charge in [-0.2, -0.15) is 0 Å². The van der Waals surface area contributed by atoms with E-state index in [4.69, 9.17) is 0 Å². The molecule has 4 heteroatoms. The van der Waals surface area contributed by atoms with Crippen LogP contribution in [-0.4, -0.2) is 56.5 Å². The van der Waals surface area contributed by atoms with Crippen molar-refractivity contribution in [3.8, 4) is 0 Å². The Hall–Kier alpha value is -1.55. The SMILES string of the molecule is CN=C(NCC(c1ccccc1)N(C)C)N1CCC2(CCC2)C1. The maximum atomic E-state index is 4.53. The van der Waals surface area contributed by atoms with Gasteiger partial charge in [0.2, 0.25) is 0 Å². The summed E-state index contributed by atoms with van der Waals surface area (Å²) in [5.74, 6) is 1.07. The van der Waals surface area contributed by atoms with Gasteiger partial charge in [0.1, 0.15) is 0 Å². The standard InChI is InChI=1S/C19H30N4/c1-20-18(23-13-12-19(15-23)10-7-11-19)21-14-17(22(2)3)16-8-5-4-6-9-16/h4-6,8-9,17H,7,10-15H2,1-3H3,(H,20,21). The molecule has 1 heterocycles. The molecule has 1 aromatic carbocycles. The van der Waals surface area contributed by atoms with Crippen molar-refractivity contribution in [3.05, 3.63) is 35.9 Å². The lowest BCUT2D eigenvalue weighted by Gasteiger charge is -2.38. The average Bonchev–Trinajstić information content (AvgIpc) is 2.98. The molecular weight excluding hydrogens is 284 g/mol. The van der Waals surface area contributed by atoms with E-state index in [-0.39, 0.29) is 0 Å². The van der Waals surface area contributed by atoms with Crippen LogP contribution < -0.4 is 5.32 Å². The van der Waals surface area contributed by atoms with Crippen LogP contribution >= 0.6 is 0 Å². The smallest absolute Gasteiger partial charge is 0.193 e. The van der Waals surface area contributed by atoms with Gasteiger partial charge in [-0.25, -0.2) is 0 Å². The second kappa shape index (κ2) is 6.91. The summed E-state index contributed by atoms with van der Waals surface area (Å²) in [7, 11) is 6.18. The van der Waals surface area contributed by atoms with E-state index in [0.717, 1.165) is 19.0 Å². The van der Waals surface area contributed by atoms with Crippen LogP contribution in [0.2, 0.25) is 0 Å². The molecule has 1 unspecified atom stereocenters. The van der Waals surface area contributed by atoms with Crippen molar-refractivity contribution in [3.63, 3.8) is 0 Å². The monoisotopic (exact) mass is 314 g/mol. The fourth-order valence-electron chi connectivity index (χ4n) is 3.99. The van der Waals surface area contributed by atoms with Gasteiger partial charge in [-0.15, -0.1) is 0 Å². The highest BCUT2D eigenvalue weighted by atomic mass is 15.3. The average molecular weight is 314 g/mol. The van der Waals surface area contributed by atoms with Gasteiger partial charge >= 0.3 is 0 Å². The summed E-state index contributed by atoms with van der Waals surface area (Å²) in [6, 6.07) is 11.1. The lowest BCUT2D eigenvalue weighted by molar-refractivity contribution is 0.151. The van der Waals surface area contributed by atoms with E-state index in [0.29, 0.717) is 11.5 Å². The van der Waals surface area contributed by atoms with Crippen LogP contribution in [0.4, 0.5) is 0 Å². The molecule has 1 saturated heterocycles. The van der Waals surface area contributed by atoms with Crippen molar-refractivity contribution < 1.29 is 0 Å². The van der Waals surface area contributed by atoms with Gasteiger partial charge in [-0.1, -0.05) is 36.8 Å². The van der Waals surface area contributed by atoms with E-state index in [9.17, 15) is 0 Å². The Morgan fingerprint density at radius 3 is 2.52 bits per heavy atom. The first-order valence-corrected chi connectivity index (χ1v) is 8.80. The molecule has 1 spiro atoms. The van der Waals surface area contributed by atoms with Gasteiger partial charge < -0.3 is 15.1 Å². The molecule has 23 heavy (non-hydrogen) atoms. The molecule has 1 saturated carbocycles. The number of likely N-dealkylation sites (N-methyl/N-ethyl adjacent to an activating group) is 1. The third-order valence-corrected chi connectivity index (χ3v) is 5.63. The third kappa shape index (κ3) is 3.52. The highest BCUT2D eigenvalue weighted by Gasteiger charge is 2.43. The molecule has 2 aliphatic rings. The van der Waals surface area contributed by atoms with Crippen LogP contribution in [0.3, 0.4) is 0 Å². The molecule has 3 rings (SSSR count). The number of hydrogen-bond donors (Lipinski definition) is 1. The summed E-state index contributed by atoms with van der Waals surface area (Å²) in [5, 5.41) is 3.61. The van der Waals surface area contributed by atoms with Gasteiger partial charge in [-0.05, 0) is 44.3 Å². The Balaban J connectivity index is 1.61. The molecular formula is C19H30N4. The highest BCUT2D eigenvalue weighted by molar-refractivity contribution is 5.80. The van der Waals surface area contributed by atoms with E-state index < -0.39 is 0 Å². The summed E-state index contributed by atoms with van der Waals surface area (Å²) in [5.41, 5.74) is 1.95. The van der Waals surface area contributed by atoms with E-state index in [1.165, 1.54) is 37.8 Å². The number of guanidine groups is 1. The largest absolute Gasteiger partial charge is 0.354 e. The lowest BCUT2D eigenvalue weighted by Crippen LogP contribution is -2.45. The summed E-state index contributed by atoms with van der Waals surface area (Å²) in [6.45, 7) is 3.22. The summed E-state index contributed by atoms with van der Waals surface area (Å²) in [6.07, 6.45) is 5.57. The minimum absolute atomic E-state index is 0.355. The molecule has 1 aromatic rings. The van der Waals surface area contributed by atoms with Gasteiger partial charge in [0.05, 0.1) is 6.04 Å². The van der Waals surface area contributed by atoms with Crippen LogP contribution in [0.5, 0.6) is 0 Å². The molecule has 4 nitrogen and oxygen atoms in total. The van der Waals surface area contributed by atoms with Crippen molar-refractivity contribution in [2.24, 2.45) is 10.4 Å². The third-order valence-electron chi connectivity index (χ3n) is 5.63. The number of nitrogens with zero attached hydrogens (tertiary/aromatic N) is 3. The number of hydrogen-bond acceptors (Lipinski definition) is 2. The lowest BCUT2D eigenvalue weighted by atomic mass is 9.68. The first kappa shape index (κ1) is 16.3. The Bertz CT molecular complexity index is 534. The van der Waals surface area contributed by atoms with Gasteiger partial charge in [0.15, 0.2) is 5.96 Å². The minimum atomic E-state index is 0.355. The fourth-order valence-corrected chi connectivity index (χ4v) is 3.99. The fraction of sp³-hybridized carbons (Fsp3) is 0.632. The molecule has 0 amide bonds. The number of aliphatic imine (C=N–C) groups is 1. The molecule has 0 aromatic heterocycles. The molecule has 1 aliphatic carbocycles. The van der Waals surface area contributed by atoms with E-state index in [1.54, 1.807) is 0 Å². The van der Waals surface area contributed by atoms with E-state index in [1.807, 2.05) is 7.05 Å². The summed E-state index contributed by atoms with van der Waals surface area (Å²) in [4.78, 5) is 9.26. The zero-order chi connectivity index (χ0) is 16.3. The predicted molar refractivity (Wildman–Crippen MR) is 96.7 cm³/mol. The van der Waals surface area contributed by atoms with Crippen LogP contribution in [0.1, 0.15) is 37.3 Å². The number of nitrogens with one attached hydrogen (secondary N) is 1. The molecule has 0 bridgehead atoms. The highest BCUT2D eigenvalue weighted by Crippen LogP contribution is 2.47. The van der Waals surface area contributed by atoms with Crippen molar-refractivity contribution in [2.75, 3.05) is 40.8 Å². The minimum Gasteiger partial charge on any atom is -0.354 e. The molecule has 2 fully saturated rings. The first-order chi connectivity index (χ1) is 11.1. The zero-order valence-corrected chi connectivity index (χ0v) is 14.8. The second-order valence-electron chi connectivity index (χ2n) is 7.34. The maximum Gasteiger partial charge on any atom is 0.193 e. The van der Waals surface area contributed by atoms with Gasteiger partial charge in [0, 0.05) is 26.7 Å². The molecule has 126 valence electrons. The number of likely N-dealkylation sites (tertiary alicyclic amines) is 1. The molecule has 1 aliphatic heterocycles.